The van der Waals surface area contributed by atoms with Crippen LogP contribution in [0.3, 0.4) is 0 Å². The van der Waals surface area contributed by atoms with Crippen LogP contribution in [-0.2, 0) is 9.53 Å². The Morgan fingerprint density at radius 2 is 2.00 bits per heavy atom. The molecule has 0 aromatic heterocycles. The zero-order valence-electron chi connectivity index (χ0n) is 13.1. The van der Waals surface area contributed by atoms with Crippen LogP contribution in [0.15, 0.2) is 40.9 Å². The maximum absolute atomic E-state index is 12.0. The summed E-state index contributed by atoms with van der Waals surface area (Å²) in [4.78, 5) is 33.9. The van der Waals surface area contributed by atoms with Crippen LogP contribution in [-0.4, -0.2) is 23.4 Å². The lowest BCUT2D eigenvalue weighted by Gasteiger charge is -2.09. The first-order valence-corrected chi connectivity index (χ1v) is 7.84. The molecule has 0 bridgehead atoms. The molecule has 2 aromatic carbocycles. The number of carbonyl (C=O) groups excluding carboxylic acids is 2. The monoisotopic (exact) mass is 407 g/mol. The van der Waals surface area contributed by atoms with E-state index in [4.69, 9.17) is 10.5 Å². The summed E-state index contributed by atoms with van der Waals surface area (Å²) in [5.74, 6) is -1.37. The van der Waals surface area contributed by atoms with Crippen LogP contribution in [0.4, 0.5) is 17.1 Å². The van der Waals surface area contributed by atoms with Crippen LogP contribution in [0.25, 0.3) is 0 Å². The number of nitrogens with zero attached hydrogens (tertiary/aromatic N) is 1. The standard InChI is InChI=1S/C16H14BrN3O5/c1-9-2-5-14(12(17)6-9)19-15(21)8-25-16(22)11-4-3-10(20(23)24)7-13(11)18/h2-7H,8,18H2,1H3,(H,19,21). The Bertz CT molecular complexity index is 854. The first-order valence-electron chi connectivity index (χ1n) is 7.05. The fourth-order valence-electron chi connectivity index (χ4n) is 1.97. The number of non-ortho nitro benzene ring substituents is 1. The van der Waals surface area contributed by atoms with Crippen LogP contribution in [0, 0.1) is 17.0 Å². The van der Waals surface area contributed by atoms with Crippen LogP contribution in [0.1, 0.15) is 15.9 Å². The van der Waals surface area contributed by atoms with Gasteiger partial charge in [0.15, 0.2) is 6.61 Å². The maximum Gasteiger partial charge on any atom is 0.340 e. The van der Waals surface area contributed by atoms with E-state index in [1.165, 1.54) is 6.07 Å². The number of anilines is 2. The van der Waals surface area contributed by atoms with Gasteiger partial charge < -0.3 is 15.8 Å². The Kier molecular flexibility index (Phi) is 5.71. The molecule has 0 heterocycles. The van der Waals surface area contributed by atoms with Crippen molar-refractivity contribution in [3.8, 4) is 0 Å². The van der Waals surface area contributed by atoms with Crippen molar-refractivity contribution >= 4 is 44.9 Å². The van der Waals surface area contributed by atoms with Crippen molar-refractivity contribution in [3.63, 3.8) is 0 Å². The molecule has 2 rings (SSSR count). The van der Waals surface area contributed by atoms with Gasteiger partial charge in [0.2, 0.25) is 0 Å². The molecule has 3 N–H and O–H groups in total. The third-order valence-electron chi connectivity index (χ3n) is 3.20. The number of amides is 1. The van der Waals surface area contributed by atoms with E-state index in [9.17, 15) is 19.7 Å². The van der Waals surface area contributed by atoms with Crippen molar-refractivity contribution in [1.29, 1.82) is 0 Å². The summed E-state index contributed by atoms with van der Waals surface area (Å²) in [7, 11) is 0. The molecule has 25 heavy (non-hydrogen) atoms. The average Bonchev–Trinajstić information content (AvgIpc) is 2.55. The molecule has 0 unspecified atom stereocenters. The molecular weight excluding hydrogens is 394 g/mol. The van der Waals surface area contributed by atoms with E-state index in [0.29, 0.717) is 10.2 Å². The lowest BCUT2D eigenvalue weighted by atomic mass is 10.1. The molecule has 0 fully saturated rings. The Labute approximate surface area is 151 Å². The fourth-order valence-corrected chi connectivity index (χ4v) is 2.56. The largest absolute Gasteiger partial charge is 0.452 e. The lowest BCUT2D eigenvalue weighted by molar-refractivity contribution is -0.384. The number of carbonyl (C=O) groups is 2. The first-order chi connectivity index (χ1) is 11.8. The number of nitrogen functional groups attached to an aromatic ring is 1. The number of aryl methyl sites for hydroxylation is 1. The highest BCUT2D eigenvalue weighted by Gasteiger charge is 2.17. The normalized spacial score (nSPS) is 10.2. The topological polar surface area (TPSA) is 125 Å². The number of nitrogens with one attached hydrogen (secondary N) is 1. The van der Waals surface area contributed by atoms with E-state index >= 15 is 0 Å². The quantitative estimate of drug-likeness (QED) is 0.339. The van der Waals surface area contributed by atoms with Crippen molar-refractivity contribution < 1.29 is 19.2 Å². The number of esters is 1. The van der Waals surface area contributed by atoms with Gasteiger partial charge in [-0.25, -0.2) is 4.79 Å². The second-order valence-electron chi connectivity index (χ2n) is 5.14. The van der Waals surface area contributed by atoms with Crippen LogP contribution in [0.2, 0.25) is 0 Å². The van der Waals surface area contributed by atoms with E-state index in [2.05, 4.69) is 21.2 Å². The van der Waals surface area contributed by atoms with Crippen molar-refractivity contribution in [1.82, 2.24) is 0 Å². The number of nitrogens with two attached hydrogens (primary N) is 1. The molecule has 0 saturated carbocycles. The molecule has 1 amide bonds. The van der Waals surface area contributed by atoms with Gasteiger partial charge >= 0.3 is 5.97 Å². The Morgan fingerprint density at radius 1 is 1.28 bits per heavy atom. The summed E-state index contributed by atoms with van der Waals surface area (Å²) >= 11 is 3.33. The number of halogens is 1. The van der Waals surface area contributed by atoms with Crippen LogP contribution < -0.4 is 11.1 Å². The van der Waals surface area contributed by atoms with E-state index in [1.807, 2.05) is 19.1 Å². The van der Waals surface area contributed by atoms with Crippen molar-refractivity contribution in [2.75, 3.05) is 17.7 Å². The molecule has 0 aliphatic rings. The predicted molar refractivity (Wildman–Crippen MR) is 95.3 cm³/mol. The van der Waals surface area contributed by atoms with Gasteiger partial charge in [-0.3, -0.25) is 14.9 Å². The molecule has 9 heteroatoms. The maximum atomic E-state index is 12.0. The van der Waals surface area contributed by atoms with Crippen LogP contribution in [0.5, 0.6) is 0 Å². The third-order valence-corrected chi connectivity index (χ3v) is 3.86. The molecule has 0 radical (unpaired) electrons. The fraction of sp³-hybridized carbons (Fsp3) is 0.125. The summed E-state index contributed by atoms with van der Waals surface area (Å²) in [6, 6.07) is 8.75. The van der Waals surface area contributed by atoms with Gasteiger partial charge in [0, 0.05) is 16.6 Å². The smallest absolute Gasteiger partial charge is 0.340 e. The van der Waals surface area contributed by atoms with Crippen molar-refractivity contribution in [2.24, 2.45) is 0 Å². The second kappa shape index (κ2) is 7.75. The van der Waals surface area contributed by atoms with Crippen LogP contribution >= 0.6 is 15.9 Å². The number of hydrogen-bond acceptors (Lipinski definition) is 6. The molecule has 130 valence electrons. The Morgan fingerprint density at radius 3 is 2.60 bits per heavy atom. The first kappa shape index (κ1) is 18.4. The average molecular weight is 408 g/mol. The molecule has 8 nitrogen and oxygen atoms in total. The molecule has 0 aliphatic heterocycles. The molecule has 2 aromatic rings. The number of nitro groups is 1. The summed E-state index contributed by atoms with van der Waals surface area (Å²) in [6.07, 6.45) is 0. The minimum Gasteiger partial charge on any atom is -0.452 e. The zero-order valence-corrected chi connectivity index (χ0v) is 14.7. The predicted octanol–water partition coefficient (Wildman–Crippen LogP) is 3.04. The van der Waals surface area contributed by atoms with Gasteiger partial charge in [0.1, 0.15) is 0 Å². The van der Waals surface area contributed by atoms with Crippen molar-refractivity contribution in [2.45, 2.75) is 6.92 Å². The van der Waals surface area contributed by atoms with E-state index < -0.39 is 23.4 Å². The molecule has 0 aliphatic carbocycles. The summed E-state index contributed by atoms with van der Waals surface area (Å²) in [6.45, 7) is 1.39. The highest BCUT2D eigenvalue weighted by molar-refractivity contribution is 9.10. The van der Waals surface area contributed by atoms with Gasteiger partial charge in [0.25, 0.3) is 11.6 Å². The Hall–Kier alpha value is -2.94. The summed E-state index contributed by atoms with van der Waals surface area (Å²) in [5.41, 5.74) is 6.79. The minimum absolute atomic E-state index is 0.0464. The van der Waals surface area contributed by atoms with Gasteiger partial charge in [-0.05, 0) is 46.6 Å². The van der Waals surface area contributed by atoms with Gasteiger partial charge in [-0.2, -0.15) is 0 Å². The molecule has 0 atom stereocenters. The summed E-state index contributed by atoms with van der Waals surface area (Å²) < 4.78 is 5.59. The molecular formula is C16H14BrN3O5. The third kappa shape index (κ3) is 4.77. The van der Waals surface area contributed by atoms with Gasteiger partial charge in [-0.15, -0.1) is 0 Å². The van der Waals surface area contributed by atoms with E-state index in [0.717, 1.165) is 17.7 Å². The van der Waals surface area contributed by atoms with Gasteiger partial charge in [-0.1, -0.05) is 6.07 Å². The SMILES string of the molecule is Cc1ccc(NC(=O)COC(=O)c2ccc([N+](=O)[O-])cc2N)c(Br)c1. The minimum atomic E-state index is -0.842. The van der Waals surface area contributed by atoms with Crippen molar-refractivity contribution in [3.05, 3.63) is 62.1 Å². The highest BCUT2D eigenvalue weighted by atomic mass is 79.9. The van der Waals surface area contributed by atoms with E-state index in [1.54, 1.807) is 6.07 Å². The number of nitro benzene ring substituents is 1. The second-order valence-corrected chi connectivity index (χ2v) is 5.99. The lowest BCUT2D eigenvalue weighted by Crippen LogP contribution is -2.21. The zero-order chi connectivity index (χ0) is 18.6. The Balaban J connectivity index is 1.97. The number of hydrogen-bond donors (Lipinski definition) is 2. The van der Waals surface area contributed by atoms with E-state index in [-0.39, 0.29) is 16.9 Å². The number of rotatable bonds is 5. The molecule has 0 spiro atoms. The van der Waals surface area contributed by atoms with Gasteiger partial charge in [0.05, 0.1) is 21.9 Å². The number of benzene rings is 2. The number of ether oxygens (including phenoxy) is 1. The molecule has 0 saturated heterocycles. The summed E-state index contributed by atoms with van der Waals surface area (Å²) in [5, 5.41) is 13.2. The highest BCUT2D eigenvalue weighted by Crippen LogP contribution is 2.23.